The zero-order chi connectivity index (χ0) is 13.0. The van der Waals surface area contributed by atoms with Gasteiger partial charge in [-0.05, 0) is 45.1 Å². The van der Waals surface area contributed by atoms with Crippen molar-refractivity contribution in [2.45, 2.75) is 70.9 Å². The molecule has 2 unspecified atom stereocenters. The molecule has 104 valence electrons. The Kier molecular flexibility index (Phi) is 5.04. The van der Waals surface area contributed by atoms with Gasteiger partial charge in [0.2, 0.25) is 5.91 Å². The van der Waals surface area contributed by atoms with Crippen molar-refractivity contribution in [2.75, 3.05) is 13.1 Å². The summed E-state index contributed by atoms with van der Waals surface area (Å²) in [5, 5.41) is 3.34. The molecule has 1 N–H and O–H groups in total. The van der Waals surface area contributed by atoms with Crippen LogP contribution in [0.25, 0.3) is 0 Å². The van der Waals surface area contributed by atoms with Gasteiger partial charge in [0.25, 0.3) is 0 Å². The molecule has 1 saturated carbocycles. The normalized spacial score (nSPS) is 26.8. The molecule has 18 heavy (non-hydrogen) atoms. The SMILES string of the molecule is CCNC(C)CC(=O)N1CCCC1C1CCCC1. The number of hydrogen-bond acceptors (Lipinski definition) is 2. The fourth-order valence-corrected chi connectivity index (χ4v) is 3.73. The molecule has 0 aromatic carbocycles. The van der Waals surface area contributed by atoms with E-state index in [1.54, 1.807) is 0 Å². The van der Waals surface area contributed by atoms with E-state index in [0.29, 0.717) is 24.4 Å². The molecule has 1 saturated heterocycles. The Morgan fingerprint density at radius 2 is 2.00 bits per heavy atom. The lowest BCUT2D eigenvalue weighted by Gasteiger charge is -2.30. The molecule has 0 spiro atoms. The van der Waals surface area contributed by atoms with Gasteiger partial charge in [-0.3, -0.25) is 4.79 Å². The fraction of sp³-hybridized carbons (Fsp3) is 0.933. The lowest BCUT2D eigenvalue weighted by Crippen LogP contribution is -2.42. The number of amides is 1. The molecule has 1 heterocycles. The summed E-state index contributed by atoms with van der Waals surface area (Å²) in [5.74, 6) is 1.17. The zero-order valence-electron chi connectivity index (χ0n) is 12.0. The van der Waals surface area contributed by atoms with Gasteiger partial charge in [0.15, 0.2) is 0 Å². The minimum Gasteiger partial charge on any atom is -0.339 e. The van der Waals surface area contributed by atoms with Crippen LogP contribution in [0.15, 0.2) is 0 Å². The van der Waals surface area contributed by atoms with Crippen molar-refractivity contribution >= 4 is 5.91 Å². The molecule has 2 fully saturated rings. The summed E-state index contributed by atoms with van der Waals surface area (Å²) in [6.07, 6.45) is 8.55. The summed E-state index contributed by atoms with van der Waals surface area (Å²) < 4.78 is 0. The molecule has 2 rings (SSSR count). The summed E-state index contributed by atoms with van der Waals surface area (Å²) in [6.45, 7) is 6.15. The van der Waals surface area contributed by atoms with Gasteiger partial charge in [0.1, 0.15) is 0 Å². The highest BCUT2D eigenvalue weighted by Gasteiger charge is 2.35. The van der Waals surface area contributed by atoms with Crippen LogP contribution in [0.5, 0.6) is 0 Å². The Balaban J connectivity index is 1.87. The van der Waals surface area contributed by atoms with Crippen molar-refractivity contribution < 1.29 is 4.79 Å². The van der Waals surface area contributed by atoms with Gasteiger partial charge in [0, 0.05) is 25.0 Å². The minimum atomic E-state index is 0.312. The third-order valence-electron chi connectivity index (χ3n) is 4.60. The molecule has 3 nitrogen and oxygen atoms in total. The lowest BCUT2D eigenvalue weighted by molar-refractivity contribution is -0.133. The van der Waals surface area contributed by atoms with Crippen molar-refractivity contribution in [1.82, 2.24) is 10.2 Å². The van der Waals surface area contributed by atoms with Crippen molar-refractivity contribution in [3.05, 3.63) is 0 Å². The van der Waals surface area contributed by atoms with Gasteiger partial charge >= 0.3 is 0 Å². The average Bonchev–Trinajstić information content (AvgIpc) is 3.00. The van der Waals surface area contributed by atoms with Gasteiger partial charge < -0.3 is 10.2 Å². The van der Waals surface area contributed by atoms with E-state index < -0.39 is 0 Å². The van der Waals surface area contributed by atoms with Gasteiger partial charge in [-0.2, -0.15) is 0 Å². The highest BCUT2D eigenvalue weighted by atomic mass is 16.2. The maximum atomic E-state index is 12.4. The summed E-state index contributed by atoms with van der Waals surface area (Å²) in [7, 11) is 0. The Bertz CT molecular complexity index is 274. The smallest absolute Gasteiger partial charge is 0.224 e. The minimum absolute atomic E-state index is 0.312. The lowest BCUT2D eigenvalue weighted by atomic mass is 9.95. The molecule has 0 aromatic rings. The van der Waals surface area contributed by atoms with Crippen LogP contribution in [0, 0.1) is 5.92 Å². The standard InChI is InChI=1S/C15H28N2O/c1-3-16-12(2)11-15(18)17-10-6-9-14(17)13-7-4-5-8-13/h12-14,16H,3-11H2,1-2H3. The first-order valence-corrected chi connectivity index (χ1v) is 7.75. The van der Waals surface area contributed by atoms with E-state index in [1.807, 2.05) is 0 Å². The summed E-state index contributed by atoms with van der Waals surface area (Å²) in [5.41, 5.74) is 0. The molecule has 1 aliphatic carbocycles. The van der Waals surface area contributed by atoms with Crippen LogP contribution >= 0.6 is 0 Å². The van der Waals surface area contributed by atoms with Crippen LogP contribution in [0.4, 0.5) is 0 Å². The predicted octanol–water partition coefficient (Wildman–Crippen LogP) is 2.56. The van der Waals surface area contributed by atoms with Crippen LogP contribution in [0.3, 0.4) is 0 Å². The van der Waals surface area contributed by atoms with Crippen LogP contribution in [-0.2, 0) is 4.79 Å². The molecular formula is C15H28N2O. The first kappa shape index (κ1) is 13.9. The Morgan fingerprint density at radius 3 is 2.67 bits per heavy atom. The number of nitrogens with one attached hydrogen (secondary N) is 1. The Labute approximate surface area is 111 Å². The molecule has 0 aromatic heterocycles. The second kappa shape index (κ2) is 6.55. The van der Waals surface area contributed by atoms with Crippen LogP contribution < -0.4 is 5.32 Å². The quantitative estimate of drug-likeness (QED) is 0.815. The first-order chi connectivity index (χ1) is 8.72. The summed E-state index contributed by atoms with van der Waals surface area (Å²) in [6, 6.07) is 0.876. The number of nitrogens with zero attached hydrogens (tertiary/aromatic N) is 1. The van der Waals surface area contributed by atoms with Gasteiger partial charge in [-0.25, -0.2) is 0 Å². The third kappa shape index (κ3) is 3.25. The average molecular weight is 252 g/mol. The molecule has 0 bridgehead atoms. The molecule has 0 radical (unpaired) electrons. The fourth-order valence-electron chi connectivity index (χ4n) is 3.73. The third-order valence-corrected chi connectivity index (χ3v) is 4.60. The largest absolute Gasteiger partial charge is 0.339 e. The van der Waals surface area contributed by atoms with Crippen molar-refractivity contribution in [1.29, 1.82) is 0 Å². The molecule has 2 atom stereocenters. The summed E-state index contributed by atoms with van der Waals surface area (Å²) in [4.78, 5) is 14.6. The first-order valence-electron chi connectivity index (χ1n) is 7.75. The number of rotatable bonds is 5. The number of likely N-dealkylation sites (tertiary alicyclic amines) is 1. The zero-order valence-corrected chi connectivity index (χ0v) is 12.0. The van der Waals surface area contributed by atoms with E-state index in [9.17, 15) is 4.79 Å². The second-order valence-corrected chi connectivity index (χ2v) is 6.00. The summed E-state index contributed by atoms with van der Waals surface area (Å²) >= 11 is 0. The van der Waals surface area contributed by atoms with Crippen molar-refractivity contribution in [2.24, 2.45) is 5.92 Å². The second-order valence-electron chi connectivity index (χ2n) is 6.00. The van der Waals surface area contributed by atoms with Gasteiger partial charge in [-0.1, -0.05) is 19.8 Å². The van der Waals surface area contributed by atoms with Crippen molar-refractivity contribution in [3.8, 4) is 0 Å². The van der Waals surface area contributed by atoms with E-state index in [-0.39, 0.29) is 0 Å². The molecule has 1 amide bonds. The molecule has 2 aliphatic rings. The molecule has 1 aliphatic heterocycles. The number of carbonyl (C=O) groups excluding carboxylic acids is 1. The van der Waals surface area contributed by atoms with Gasteiger partial charge in [0.05, 0.1) is 0 Å². The highest BCUT2D eigenvalue weighted by Crippen LogP contribution is 2.35. The molecule has 3 heteroatoms. The number of hydrogen-bond donors (Lipinski definition) is 1. The maximum Gasteiger partial charge on any atom is 0.224 e. The molecular weight excluding hydrogens is 224 g/mol. The van der Waals surface area contributed by atoms with E-state index >= 15 is 0 Å². The highest BCUT2D eigenvalue weighted by molar-refractivity contribution is 5.77. The van der Waals surface area contributed by atoms with E-state index in [4.69, 9.17) is 0 Å². The Morgan fingerprint density at radius 1 is 1.28 bits per heavy atom. The number of carbonyl (C=O) groups is 1. The Hall–Kier alpha value is -0.570. The van der Waals surface area contributed by atoms with Crippen molar-refractivity contribution in [3.63, 3.8) is 0 Å². The van der Waals surface area contributed by atoms with Crippen LogP contribution in [0.1, 0.15) is 58.8 Å². The van der Waals surface area contributed by atoms with E-state index in [0.717, 1.165) is 19.0 Å². The van der Waals surface area contributed by atoms with E-state index in [1.165, 1.54) is 38.5 Å². The van der Waals surface area contributed by atoms with Gasteiger partial charge in [-0.15, -0.1) is 0 Å². The topological polar surface area (TPSA) is 32.3 Å². The van der Waals surface area contributed by atoms with Crippen LogP contribution in [0.2, 0.25) is 0 Å². The van der Waals surface area contributed by atoms with E-state index in [2.05, 4.69) is 24.1 Å². The predicted molar refractivity (Wildman–Crippen MR) is 74.4 cm³/mol. The maximum absolute atomic E-state index is 12.4. The monoisotopic (exact) mass is 252 g/mol. The van der Waals surface area contributed by atoms with Crippen LogP contribution in [-0.4, -0.2) is 36.0 Å².